The van der Waals surface area contributed by atoms with Gasteiger partial charge in [0, 0.05) is 31.8 Å². The average Bonchev–Trinajstić information content (AvgIpc) is 3.14. The van der Waals surface area contributed by atoms with E-state index in [2.05, 4.69) is 13.8 Å². The Bertz CT molecular complexity index is 980. The summed E-state index contributed by atoms with van der Waals surface area (Å²) in [4.78, 5) is 14.6. The molecular formula is C23H31F3N2O4S. The van der Waals surface area contributed by atoms with Crippen molar-refractivity contribution in [2.75, 3.05) is 25.4 Å². The van der Waals surface area contributed by atoms with Crippen molar-refractivity contribution in [3.63, 3.8) is 0 Å². The summed E-state index contributed by atoms with van der Waals surface area (Å²) in [5.41, 5.74) is -0.734. The Morgan fingerprint density at radius 1 is 1.21 bits per heavy atom. The highest BCUT2D eigenvalue weighted by Crippen LogP contribution is 2.47. The zero-order chi connectivity index (χ0) is 24.0. The number of hydrogen-bond donors (Lipinski definition) is 0. The molecule has 0 saturated carbocycles. The second kappa shape index (κ2) is 8.85. The molecule has 3 aliphatic rings. The molecule has 0 bridgehead atoms. The smallest absolute Gasteiger partial charge is 0.353 e. The summed E-state index contributed by atoms with van der Waals surface area (Å²) in [5.74, 6) is 0.234. The van der Waals surface area contributed by atoms with Crippen LogP contribution in [0.3, 0.4) is 0 Å². The zero-order valence-electron chi connectivity index (χ0n) is 19.0. The van der Waals surface area contributed by atoms with Crippen LogP contribution in [0.2, 0.25) is 0 Å². The minimum atomic E-state index is -4.38. The molecule has 3 saturated heterocycles. The minimum absolute atomic E-state index is 0.0205. The van der Waals surface area contributed by atoms with E-state index in [1.54, 1.807) is 0 Å². The number of carbonyl (C=O) groups is 1. The molecule has 1 aromatic rings. The fourth-order valence-electron chi connectivity index (χ4n) is 5.45. The van der Waals surface area contributed by atoms with Gasteiger partial charge in [0.05, 0.1) is 24.0 Å². The van der Waals surface area contributed by atoms with E-state index >= 15 is 0 Å². The van der Waals surface area contributed by atoms with Gasteiger partial charge in [-0.25, -0.2) is 12.7 Å². The number of carbonyl (C=O) groups excluding carboxylic acids is 1. The van der Waals surface area contributed by atoms with Gasteiger partial charge in [-0.3, -0.25) is 4.79 Å². The largest absolute Gasteiger partial charge is 0.416 e. The third-order valence-corrected chi connectivity index (χ3v) is 9.24. The van der Waals surface area contributed by atoms with E-state index in [4.69, 9.17) is 4.74 Å². The fourth-order valence-corrected chi connectivity index (χ4v) is 7.00. The SMILES string of the molecule is CC(C)[C@H]1CO[C@]23CCN(S(=O)(=O)CCCc4ccc(C(F)(F)F)cc4)C[C@H]2CCC(=O)N13. The van der Waals surface area contributed by atoms with Crippen LogP contribution in [-0.4, -0.2) is 60.7 Å². The van der Waals surface area contributed by atoms with Crippen molar-refractivity contribution >= 4 is 15.9 Å². The number of hydrogen-bond acceptors (Lipinski definition) is 4. The first-order valence-electron chi connectivity index (χ1n) is 11.5. The van der Waals surface area contributed by atoms with Crippen molar-refractivity contribution < 1.29 is 31.1 Å². The number of rotatable bonds is 6. The van der Waals surface area contributed by atoms with E-state index in [-0.39, 0.29) is 29.5 Å². The molecule has 1 spiro atoms. The third-order valence-electron chi connectivity index (χ3n) is 7.31. The predicted octanol–water partition coefficient (Wildman–Crippen LogP) is 3.66. The average molecular weight is 489 g/mol. The van der Waals surface area contributed by atoms with Gasteiger partial charge in [0.25, 0.3) is 0 Å². The molecular weight excluding hydrogens is 457 g/mol. The minimum Gasteiger partial charge on any atom is -0.353 e. The quantitative estimate of drug-likeness (QED) is 0.613. The molecule has 3 atom stereocenters. The topological polar surface area (TPSA) is 66.9 Å². The highest BCUT2D eigenvalue weighted by Gasteiger charge is 2.59. The van der Waals surface area contributed by atoms with Crippen LogP contribution in [0.5, 0.6) is 0 Å². The highest BCUT2D eigenvalue weighted by molar-refractivity contribution is 7.89. The summed E-state index contributed by atoms with van der Waals surface area (Å²) >= 11 is 0. The number of halogens is 3. The van der Waals surface area contributed by atoms with Crippen LogP contribution in [0.4, 0.5) is 13.2 Å². The maximum absolute atomic E-state index is 13.0. The number of sulfonamides is 1. The summed E-state index contributed by atoms with van der Waals surface area (Å²) in [5, 5.41) is 0. The Labute approximate surface area is 193 Å². The van der Waals surface area contributed by atoms with Crippen molar-refractivity contribution in [3.8, 4) is 0 Å². The number of amides is 1. The van der Waals surface area contributed by atoms with E-state index in [1.165, 1.54) is 16.4 Å². The van der Waals surface area contributed by atoms with Crippen LogP contribution in [-0.2, 0) is 32.2 Å². The Balaban J connectivity index is 1.37. The van der Waals surface area contributed by atoms with Gasteiger partial charge in [0.1, 0.15) is 5.72 Å². The molecule has 1 amide bonds. The lowest BCUT2D eigenvalue weighted by atomic mass is 9.80. The molecule has 33 heavy (non-hydrogen) atoms. The zero-order valence-corrected chi connectivity index (χ0v) is 19.8. The molecule has 1 aromatic carbocycles. The summed E-state index contributed by atoms with van der Waals surface area (Å²) in [6.07, 6.45) is -2.19. The standard InChI is InChI=1S/C23H31F3N2O4S/c1-16(2)20-15-32-22-11-12-27(14-19(22)9-10-21(29)28(20)22)33(30,31)13-3-4-17-5-7-18(8-6-17)23(24,25)26/h5-8,16,19-20H,3-4,9-15H2,1-2H3/t19-,20-,22-/m1/s1. The fraction of sp³-hybridized carbons (Fsp3) is 0.696. The molecule has 0 N–H and O–H groups in total. The van der Waals surface area contributed by atoms with Crippen molar-refractivity contribution in [1.82, 2.24) is 9.21 Å². The molecule has 0 radical (unpaired) electrons. The van der Waals surface area contributed by atoms with E-state index in [1.807, 2.05) is 4.90 Å². The van der Waals surface area contributed by atoms with Crippen LogP contribution < -0.4 is 0 Å². The maximum Gasteiger partial charge on any atom is 0.416 e. The lowest BCUT2D eigenvalue weighted by molar-refractivity contribution is -0.187. The van der Waals surface area contributed by atoms with Crippen LogP contribution in [0.1, 0.15) is 50.7 Å². The lowest BCUT2D eigenvalue weighted by Gasteiger charge is -2.52. The first kappa shape index (κ1) is 24.5. The second-order valence-corrected chi connectivity index (χ2v) is 11.8. The van der Waals surface area contributed by atoms with Gasteiger partial charge in [-0.05, 0) is 42.9 Å². The Hall–Kier alpha value is -1.65. The molecule has 3 fully saturated rings. The molecule has 184 valence electrons. The second-order valence-electron chi connectivity index (χ2n) is 9.69. The number of nitrogens with zero attached hydrogens (tertiary/aromatic N) is 2. The highest BCUT2D eigenvalue weighted by atomic mass is 32.2. The Kier molecular flexibility index (Phi) is 6.56. The first-order chi connectivity index (χ1) is 15.4. The molecule has 3 aliphatic heterocycles. The van der Waals surface area contributed by atoms with Gasteiger partial charge >= 0.3 is 6.18 Å². The van der Waals surface area contributed by atoms with E-state index in [0.717, 1.165) is 12.1 Å². The number of alkyl halides is 3. The van der Waals surface area contributed by atoms with Crippen molar-refractivity contribution in [1.29, 1.82) is 0 Å². The molecule has 4 rings (SSSR count). The molecule has 6 nitrogen and oxygen atoms in total. The van der Waals surface area contributed by atoms with Crippen LogP contribution in [0.25, 0.3) is 0 Å². The summed E-state index contributed by atoms with van der Waals surface area (Å²) in [7, 11) is -3.52. The molecule has 0 aromatic heterocycles. The summed E-state index contributed by atoms with van der Waals surface area (Å²) < 4.78 is 71.9. The maximum atomic E-state index is 13.0. The van der Waals surface area contributed by atoms with Crippen LogP contribution >= 0.6 is 0 Å². The molecule has 0 unspecified atom stereocenters. The van der Waals surface area contributed by atoms with E-state index in [0.29, 0.717) is 57.4 Å². The van der Waals surface area contributed by atoms with Crippen molar-refractivity contribution in [2.45, 2.75) is 63.9 Å². The predicted molar refractivity (Wildman–Crippen MR) is 117 cm³/mol. The number of benzene rings is 1. The monoisotopic (exact) mass is 488 g/mol. The van der Waals surface area contributed by atoms with Crippen molar-refractivity contribution in [2.24, 2.45) is 11.8 Å². The van der Waals surface area contributed by atoms with Gasteiger partial charge in [0.2, 0.25) is 15.9 Å². The number of piperidine rings is 2. The van der Waals surface area contributed by atoms with E-state index in [9.17, 15) is 26.4 Å². The Morgan fingerprint density at radius 2 is 1.91 bits per heavy atom. The molecule has 10 heteroatoms. The van der Waals surface area contributed by atoms with Crippen LogP contribution in [0, 0.1) is 11.8 Å². The normalized spacial score (nSPS) is 28.8. The van der Waals surface area contributed by atoms with Gasteiger partial charge in [-0.15, -0.1) is 0 Å². The summed E-state index contributed by atoms with van der Waals surface area (Å²) in [6.45, 7) is 5.26. The van der Waals surface area contributed by atoms with Crippen molar-refractivity contribution in [3.05, 3.63) is 35.4 Å². The number of aryl methyl sites for hydroxylation is 1. The van der Waals surface area contributed by atoms with E-state index < -0.39 is 27.5 Å². The van der Waals surface area contributed by atoms with Gasteiger partial charge in [-0.1, -0.05) is 26.0 Å². The lowest BCUT2D eigenvalue weighted by Crippen LogP contribution is -2.65. The first-order valence-corrected chi connectivity index (χ1v) is 13.1. The molecule has 0 aliphatic carbocycles. The number of ether oxygens (including phenoxy) is 1. The van der Waals surface area contributed by atoms with Crippen LogP contribution in [0.15, 0.2) is 24.3 Å². The third kappa shape index (κ3) is 4.66. The molecule has 3 heterocycles. The van der Waals surface area contributed by atoms with Gasteiger partial charge < -0.3 is 9.64 Å². The Morgan fingerprint density at radius 3 is 2.55 bits per heavy atom. The van der Waals surface area contributed by atoms with Gasteiger partial charge in [-0.2, -0.15) is 13.2 Å². The summed E-state index contributed by atoms with van der Waals surface area (Å²) in [6, 6.07) is 4.87. The van der Waals surface area contributed by atoms with Gasteiger partial charge in [0.15, 0.2) is 0 Å².